The van der Waals surface area contributed by atoms with Crippen LogP contribution in [0.5, 0.6) is 0 Å². The van der Waals surface area contributed by atoms with E-state index in [2.05, 4.69) is 21.2 Å². The minimum atomic E-state index is -4.23. The molecule has 11 heteroatoms. The van der Waals surface area contributed by atoms with Gasteiger partial charge in [0.05, 0.1) is 15.6 Å². The molecule has 38 heavy (non-hydrogen) atoms. The Morgan fingerprint density at radius 3 is 2.26 bits per heavy atom. The maximum Gasteiger partial charge on any atom is 0.264 e. The maximum atomic E-state index is 13.9. The fraction of sp³-hybridized carbons (Fsp3) is 0.259. The fourth-order valence-electron chi connectivity index (χ4n) is 3.73. The van der Waals surface area contributed by atoms with Crippen molar-refractivity contribution in [1.29, 1.82) is 0 Å². The van der Waals surface area contributed by atoms with Gasteiger partial charge in [0.2, 0.25) is 11.8 Å². The van der Waals surface area contributed by atoms with E-state index in [1.807, 2.05) is 38.1 Å². The minimum absolute atomic E-state index is 0.0204. The minimum Gasteiger partial charge on any atom is -0.352 e. The first-order valence-corrected chi connectivity index (χ1v) is 14.8. The molecule has 0 unspecified atom stereocenters. The van der Waals surface area contributed by atoms with E-state index in [-0.39, 0.29) is 39.1 Å². The van der Waals surface area contributed by atoms with Crippen molar-refractivity contribution in [3.05, 3.63) is 92.9 Å². The van der Waals surface area contributed by atoms with Crippen molar-refractivity contribution in [2.24, 2.45) is 0 Å². The first-order chi connectivity index (χ1) is 17.9. The molecular weight excluding hydrogens is 613 g/mol. The number of hydrogen-bond donors (Lipinski definition) is 1. The van der Waals surface area contributed by atoms with Crippen molar-refractivity contribution in [1.82, 2.24) is 10.2 Å². The lowest BCUT2D eigenvalue weighted by Crippen LogP contribution is -2.52. The molecule has 0 bridgehead atoms. The second-order valence-corrected chi connectivity index (χ2v) is 12.5. The summed E-state index contributed by atoms with van der Waals surface area (Å²) in [7, 11) is -4.23. The predicted molar refractivity (Wildman–Crippen MR) is 155 cm³/mol. The normalized spacial score (nSPS) is 12.2. The summed E-state index contributed by atoms with van der Waals surface area (Å²) in [6.07, 6.45) is 0. The van der Waals surface area contributed by atoms with Gasteiger partial charge in [0.1, 0.15) is 12.6 Å². The topological polar surface area (TPSA) is 86.8 Å². The van der Waals surface area contributed by atoms with Crippen LogP contribution in [0.25, 0.3) is 0 Å². The summed E-state index contributed by atoms with van der Waals surface area (Å²) in [5, 5.41) is 3.17. The van der Waals surface area contributed by atoms with E-state index < -0.39 is 28.5 Å². The molecule has 0 fully saturated rings. The predicted octanol–water partition coefficient (Wildman–Crippen LogP) is 5.89. The van der Waals surface area contributed by atoms with E-state index in [1.54, 1.807) is 25.1 Å². The molecule has 0 aliphatic rings. The van der Waals surface area contributed by atoms with Gasteiger partial charge < -0.3 is 10.2 Å². The molecule has 0 spiro atoms. The summed E-state index contributed by atoms with van der Waals surface area (Å²) in [6.45, 7) is 4.72. The summed E-state index contributed by atoms with van der Waals surface area (Å²) in [6, 6.07) is 18.4. The van der Waals surface area contributed by atoms with Gasteiger partial charge in [0.15, 0.2) is 0 Å². The van der Waals surface area contributed by atoms with Crippen LogP contribution in [-0.2, 0) is 26.2 Å². The molecule has 3 aromatic rings. The molecule has 0 aromatic heterocycles. The van der Waals surface area contributed by atoms with Crippen molar-refractivity contribution in [2.45, 2.75) is 44.3 Å². The third-order valence-corrected chi connectivity index (χ3v) is 8.45. The Hall–Kier alpha value is -2.59. The van der Waals surface area contributed by atoms with Crippen molar-refractivity contribution in [2.75, 3.05) is 10.8 Å². The number of hydrogen-bond acceptors (Lipinski definition) is 4. The third-order valence-electron chi connectivity index (χ3n) is 5.63. The fourth-order valence-corrected chi connectivity index (χ4v) is 6.06. The molecule has 202 valence electrons. The number of amides is 2. The second-order valence-electron chi connectivity index (χ2n) is 8.91. The van der Waals surface area contributed by atoms with Gasteiger partial charge in [0, 0.05) is 22.1 Å². The number of anilines is 1. The van der Waals surface area contributed by atoms with E-state index in [0.717, 1.165) is 14.3 Å². The van der Waals surface area contributed by atoms with Crippen molar-refractivity contribution >= 4 is 66.7 Å². The van der Waals surface area contributed by atoms with Crippen LogP contribution in [0.3, 0.4) is 0 Å². The molecule has 0 radical (unpaired) electrons. The molecule has 0 saturated carbocycles. The van der Waals surface area contributed by atoms with Gasteiger partial charge >= 0.3 is 0 Å². The van der Waals surface area contributed by atoms with E-state index >= 15 is 0 Å². The molecule has 3 aromatic carbocycles. The van der Waals surface area contributed by atoms with Crippen LogP contribution in [0.1, 0.15) is 26.3 Å². The zero-order chi connectivity index (χ0) is 28.0. The van der Waals surface area contributed by atoms with Crippen molar-refractivity contribution in [3.8, 4) is 0 Å². The Balaban J connectivity index is 2.07. The van der Waals surface area contributed by atoms with Crippen molar-refractivity contribution < 1.29 is 18.0 Å². The average Bonchev–Trinajstić information content (AvgIpc) is 2.87. The summed E-state index contributed by atoms with van der Waals surface area (Å²) in [4.78, 5) is 28.2. The number of nitrogens with zero attached hydrogens (tertiary/aromatic N) is 2. The second kappa shape index (κ2) is 13.0. The van der Waals surface area contributed by atoms with Crippen LogP contribution in [-0.4, -0.2) is 43.8 Å². The Morgan fingerprint density at radius 2 is 1.63 bits per heavy atom. The molecule has 2 amide bonds. The number of nitrogens with one attached hydrogen (secondary N) is 1. The third kappa shape index (κ3) is 7.50. The smallest absolute Gasteiger partial charge is 0.264 e. The van der Waals surface area contributed by atoms with Gasteiger partial charge in [-0.05, 0) is 68.8 Å². The first-order valence-electron chi connectivity index (χ1n) is 11.8. The zero-order valence-electron chi connectivity index (χ0n) is 21.1. The van der Waals surface area contributed by atoms with Gasteiger partial charge in [-0.1, -0.05) is 69.5 Å². The quantitative estimate of drug-likeness (QED) is 0.299. The molecule has 3 rings (SSSR count). The van der Waals surface area contributed by atoms with E-state index in [9.17, 15) is 18.0 Å². The van der Waals surface area contributed by atoms with Gasteiger partial charge in [-0.2, -0.15) is 0 Å². The van der Waals surface area contributed by atoms with Crippen LogP contribution in [0.15, 0.2) is 82.2 Å². The van der Waals surface area contributed by atoms with Crippen LogP contribution in [0.2, 0.25) is 10.0 Å². The summed E-state index contributed by atoms with van der Waals surface area (Å²) in [5.41, 5.74) is 0.813. The number of carbonyl (C=O) groups excluding carboxylic acids is 2. The Bertz CT molecular complexity index is 1400. The molecule has 0 heterocycles. The van der Waals surface area contributed by atoms with Gasteiger partial charge in [0.25, 0.3) is 10.0 Å². The van der Waals surface area contributed by atoms with Gasteiger partial charge in [-0.25, -0.2) is 8.42 Å². The van der Waals surface area contributed by atoms with Crippen LogP contribution in [0, 0.1) is 0 Å². The highest BCUT2D eigenvalue weighted by molar-refractivity contribution is 9.10. The van der Waals surface area contributed by atoms with Gasteiger partial charge in [-0.15, -0.1) is 0 Å². The number of sulfonamides is 1. The number of rotatable bonds is 10. The summed E-state index contributed by atoms with van der Waals surface area (Å²) < 4.78 is 29.3. The van der Waals surface area contributed by atoms with Gasteiger partial charge in [-0.3, -0.25) is 13.9 Å². The highest BCUT2D eigenvalue weighted by atomic mass is 79.9. The monoisotopic (exact) mass is 639 g/mol. The SMILES string of the molecule is CC(C)NC(=O)[C@H](C)N(Cc1cccc(Br)c1)C(=O)CN(c1cc(Cl)ccc1Cl)S(=O)(=O)c1ccccc1. The molecular formula is C27H28BrCl2N3O4S. The largest absolute Gasteiger partial charge is 0.352 e. The molecule has 1 atom stereocenters. The number of halogens is 3. The molecule has 0 aliphatic heterocycles. The highest BCUT2D eigenvalue weighted by Gasteiger charge is 2.33. The van der Waals surface area contributed by atoms with Crippen LogP contribution >= 0.6 is 39.1 Å². The standard InChI is InChI=1S/C27H28BrCl2N3O4S/c1-18(2)31-27(35)19(3)32(16-20-8-7-9-21(28)14-20)26(34)17-33(25-15-22(29)12-13-24(25)30)38(36,37)23-10-5-4-6-11-23/h4-15,18-19H,16-17H2,1-3H3,(H,31,35)/t19-/m0/s1. The zero-order valence-corrected chi connectivity index (χ0v) is 25.0. The first kappa shape index (κ1) is 30.0. The summed E-state index contributed by atoms with van der Waals surface area (Å²) in [5.74, 6) is -0.950. The lowest BCUT2D eigenvalue weighted by molar-refractivity contribution is -0.139. The van der Waals surface area contributed by atoms with E-state index in [1.165, 1.54) is 35.2 Å². The molecule has 0 aliphatic carbocycles. The lowest BCUT2D eigenvalue weighted by atomic mass is 10.1. The Kier molecular flexibility index (Phi) is 10.2. The number of carbonyl (C=O) groups is 2. The Labute approximate surface area is 241 Å². The summed E-state index contributed by atoms with van der Waals surface area (Å²) >= 11 is 16.0. The van der Waals surface area contributed by atoms with E-state index in [0.29, 0.717) is 0 Å². The van der Waals surface area contributed by atoms with Crippen LogP contribution in [0.4, 0.5) is 5.69 Å². The number of benzene rings is 3. The van der Waals surface area contributed by atoms with Crippen LogP contribution < -0.4 is 9.62 Å². The van der Waals surface area contributed by atoms with E-state index in [4.69, 9.17) is 23.2 Å². The molecule has 1 N–H and O–H groups in total. The molecule has 0 saturated heterocycles. The average molecular weight is 641 g/mol. The highest BCUT2D eigenvalue weighted by Crippen LogP contribution is 2.33. The van der Waals surface area contributed by atoms with Crippen molar-refractivity contribution in [3.63, 3.8) is 0 Å². The lowest BCUT2D eigenvalue weighted by Gasteiger charge is -2.32. The Morgan fingerprint density at radius 1 is 0.947 bits per heavy atom. The maximum absolute atomic E-state index is 13.9. The molecule has 7 nitrogen and oxygen atoms in total.